The molecule has 246 valence electrons. The maximum absolute atomic E-state index is 2.70. The Hall–Kier alpha value is -6.52. The fraction of sp³-hybridized carbons (Fsp3) is 0.0612. The van der Waals surface area contributed by atoms with Crippen LogP contribution < -0.4 is 15.7 Å². The van der Waals surface area contributed by atoms with Crippen molar-refractivity contribution in [3.05, 3.63) is 169 Å². The van der Waals surface area contributed by atoms with E-state index < -0.39 is 0 Å². The molecule has 13 rings (SSSR count). The minimum Gasteiger partial charge on any atom is -0.376 e. The maximum atomic E-state index is 2.70. The van der Waals surface area contributed by atoms with Crippen molar-refractivity contribution in [3.63, 3.8) is 0 Å². The number of anilines is 2. The van der Waals surface area contributed by atoms with Crippen LogP contribution in [0.3, 0.4) is 0 Å². The van der Waals surface area contributed by atoms with Crippen LogP contribution in [0.4, 0.5) is 11.4 Å². The molecule has 5 heterocycles. The molecule has 0 fully saturated rings. The van der Waals surface area contributed by atoms with E-state index in [1.165, 1.54) is 110 Å². The third-order valence-corrected chi connectivity index (χ3v) is 12.8. The predicted molar refractivity (Wildman–Crippen MR) is 224 cm³/mol. The minimum absolute atomic E-state index is 0.00706. The monoisotopic (exact) mass is 673 g/mol. The highest BCUT2D eigenvalue weighted by Crippen LogP contribution is 2.54. The number of hydrogen-bond donors (Lipinski definition) is 0. The lowest BCUT2D eigenvalue weighted by molar-refractivity contribution is 0.632. The number of rotatable bonds is 2. The van der Waals surface area contributed by atoms with Crippen molar-refractivity contribution in [2.24, 2.45) is 0 Å². The Morgan fingerprint density at radius 1 is 0.491 bits per heavy atom. The molecule has 53 heavy (non-hydrogen) atoms. The van der Waals surface area contributed by atoms with Crippen molar-refractivity contribution in [2.45, 2.75) is 19.3 Å². The molecule has 3 aliphatic rings. The van der Waals surface area contributed by atoms with Gasteiger partial charge in [-0.05, 0) is 80.9 Å². The van der Waals surface area contributed by atoms with Gasteiger partial charge in [-0.1, -0.05) is 129 Å². The number of aromatic nitrogens is 2. The standard InChI is InChI=1S/C49H32BN3/c1-49(2)36-22-14-23-38-46(36)52-47-37(49)27-29-15-6-7-18-31(29)43(47)44-42(51-39-24-11-8-19-32(39)33-20-9-12-25-40(33)51)28-35-34-21-10-13-26-41(34)53(30-16-4-3-5-17-30)50(38)45(35)48(44)52/h3-28H,1-2H3. The fourth-order valence-corrected chi connectivity index (χ4v) is 10.7. The first-order valence-corrected chi connectivity index (χ1v) is 18.7. The van der Waals surface area contributed by atoms with Crippen LogP contribution in [-0.2, 0) is 5.41 Å². The lowest BCUT2D eigenvalue weighted by Gasteiger charge is -2.44. The molecule has 0 unspecified atom stereocenters. The summed E-state index contributed by atoms with van der Waals surface area (Å²) in [5.41, 5.74) is 18.1. The van der Waals surface area contributed by atoms with Crippen molar-refractivity contribution < 1.29 is 0 Å². The zero-order valence-electron chi connectivity index (χ0n) is 29.4. The Morgan fingerprint density at radius 2 is 1.17 bits per heavy atom. The molecule has 0 spiro atoms. The van der Waals surface area contributed by atoms with Crippen molar-refractivity contribution in [3.8, 4) is 22.5 Å². The molecule has 0 amide bonds. The zero-order valence-corrected chi connectivity index (χ0v) is 29.4. The third kappa shape index (κ3) is 3.22. The Morgan fingerprint density at radius 3 is 1.96 bits per heavy atom. The highest BCUT2D eigenvalue weighted by atomic mass is 15.1. The summed E-state index contributed by atoms with van der Waals surface area (Å²) >= 11 is 0. The van der Waals surface area contributed by atoms with Gasteiger partial charge in [0.2, 0.25) is 0 Å². The molecular formula is C49H32BN3. The lowest BCUT2D eigenvalue weighted by Crippen LogP contribution is -2.61. The summed E-state index contributed by atoms with van der Waals surface area (Å²) in [4.78, 5) is 2.62. The summed E-state index contributed by atoms with van der Waals surface area (Å²) in [5, 5.41) is 7.85. The molecule has 3 aliphatic heterocycles. The van der Waals surface area contributed by atoms with Gasteiger partial charge in [0.15, 0.2) is 0 Å². The van der Waals surface area contributed by atoms with E-state index in [9.17, 15) is 0 Å². The second kappa shape index (κ2) is 9.47. The van der Waals surface area contributed by atoms with E-state index in [0.717, 1.165) is 0 Å². The molecule has 10 aromatic rings. The Balaban J connectivity index is 1.35. The van der Waals surface area contributed by atoms with Crippen LogP contribution >= 0.6 is 0 Å². The van der Waals surface area contributed by atoms with Crippen LogP contribution in [-0.4, -0.2) is 16.0 Å². The maximum Gasteiger partial charge on any atom is 0.333 e. The summed E-state index contributed by atoms with van der Waals surface area (Å²) in [6, 6.07) is 59.2. The van der Waals surface area contributed by atoms with Crippen LogP contribution in [0.1, 0.15) is 25.0 Å². The van der Waals surface area contributed by atoms with Gasteiger partial charge in [-0.2, -0.15) is 0 Å². The van der Waals surface area contributed by atoms with Gasteiger partial charge in [-0.25, -0.2) is 0 Å². The number of nitrogens with zero attached hydrogens (tertiary/aromatic N) is 3. The van der Waals surface area contributed by atoms with E-state index in [0.29, 0.717) is 0 Å². The number of fused-ring (bicyclic) bond motifs is 9. The average molecular weight is 674 g/mol. The predicted octanol–water partition coefficient (Wildman–Crippen LogP) is 10.9. The van der Waals surface area contributed by atoms with Gasteiger partial charge >= 0.3 is 6.85 Å². The molecule has 0 N–H and O–H groups in total. The molecule has 2 aromatic heterocycles. The molecule has 0 aliphatic carbocycles. The summed E-state index contributed by atoms with van der Waals surface area (Å²) in [5.74, 6) is 0. The van der Waals surface area contributed by atoms with Crippen molar-refractivity contribution >= 4 is 83.5 Å². The van der Waals surface area contributed by atoms with Gasteiger partial charge in [0, 0.05) is 49.6 Å². The number of hydrogen-bond acceptors (Lipinski definition) is 1. The van der Waals surface area contributed by atoms with Crippen LogP contribution in [0.15, 0.2) is 158 Å². The van der Waals surface area contributed by atoms with Crippen molar-refractivity contribution in [1.29, 1.82) is 0 Å². The SMILES string of the molecule is CC1(C)c2cccc3c2-n2c4c5c(cc(-n6c7ccccc7c7ccccc76)c4c4c6ccccc6cc1c42)-c1ccccc1N(c1ccccc1)B35. The van der Waals surface area contributed by atoms with Gasteiger partial charge in [-0.3, -0.25) is 0 Å². The second-order valence-corrected chi connectivity index (χ2v) is 15.6. The summed E-state index contributed by atoms with van der Waals surface area (Å²) in [7, 11) is 0. The van der Waals surface area contributed by atoms with E-state index in [-0.39, 0.29) is 12.3 Å². The van der Waals surface area contributed by atoms with Crippen molar-refractivity contribution in [1.82, 2.24) is 9.13 Å². The zero-order chi connectivity index (χ0) is 34.7. The van der Waals surface area contributed by atoms with Gasteiger partial charge in [0.1, 0.15) is 0 Å². The minimum atomic E-state index is -0.213. The van der Waals surface area contributed by atoms with E-state index in [1.807, 2.05) is 0 Å². The molecule has 0 radical (unpaired) electrons. The third-order valence-electron chi connectivity index (χ3n) is 12.8. The Bertz CT molecular complexity index is 3220. The Kier molecular flexibility index (Phi) is 5.02. The second-order valence-electron chi connectivity index (χ2n) is 15.6. The summed E-state index contributed by atoms with van der Waals surface area (Å²) in [6.45, 7) is 4.87. The first-order valence-electron chi connectivity index (χ1n) is 18.7. The topological polar surface area (TPSA) is 13.1 Å². The molecule has 3 nitrogen and oxygen atoms in total. The van der Waals surface area contributed by atoms with Crippen LogP contribution in [0.25, 0.3) is 76.9 Å². The van der Waals surface area contributed by atoms with Gasteiger partial charge in [0.05, 0.1) is 27.8 Å². The smallest absolute Gasteiger partial charge is 0.333 e. The first-order chi connectivity index (χ1) is 26.1. The van der Waals surface area contributed by atoms with E-state index in [4.69, 9.17) is 0 Å². The van der Waals surface area contributed by atoms with E-state index in [2.05, 4.69) is 186 Å². The van der Waals surface area contributed by atoms with Crippen LogP contribution in [0.2, 0.25) is 0 Å². The molecule has 0 atom stereocenters. The highest BCUT2D eigenvalue weighted by Gasteiger charge is 2.48. The number of para-hydroxylation sites is 5. The molecule has 8 aromatic carbocycles. The average Bonchev–Trinajstić information content (AvgIpc) is 3.74. The normalized spacial score (nSPS) is 14.7. The van der Waals surface area contributed by atoms with E-state index >= 15 is 0 Å². The lowest BCUT2D eigenvalue weighted by atomic mass is 9.43. The molecule has 0 saturated carbocycles. The van der Waals surface area contributed by atoms with Gasteiger partial charge < -0.3 is 13.9 Å². The summed E-state index contributed by atoms with van der Waals surface area (Å²) in [6.07, 6.45) is 0. The van der Waals surface area contributed by atoms with E-state index in [1.54, 1.807) is 0 Å². The van der Waals surface area contributed by atoms with Gasteiger partial charge in [-0.15, -0.1) is 0 Å². The first kappa shape index (κ1) is 28.1. The molecule has 4 heteroatoms. The largest absolute Gasteiger partial charge is 0.376 e. The molecular weight excluding hydrogens is 641 g/mol. The summed E-state index contributed by atoms with van der Waals surface area (Å²) < 4.78 is 5.27. The van der Waals surface area contributed by atoms with Crippen molar-refractivity contribution in [2.75, 3.05) is 4.81 Å². The number of benzene rings is 8. The Labute approximate surface area is 307 Å². The fourth-order valence-electron chi connectivity index (χ4n) is 10.7. The van der Waals surface area contributed by atoms with Gasteiger partial charge in [0.25, 0.3) is 0 Å². The molecule has 0 saturated heterocycles. The molecule has 0 bridgehead atoms. The van der Waals surface area contributed by atoms with Crippen LogP contribution in [0, 0.1) is 0 Å². The quantitative estimate of drug-likeness (QED) is 0.167. The van der Waals surface area contributed by atoms with Crippen LogP contribution in [0.5, 0.6) is 0 Å². The highest BCUT2D eigenvalue weighted by molar-refractivity contribution is 6.93.